The largest absolute Gasteiger partial charge is 0.282 e. The highest BCUT2D eigenvalue weighted by molar-refractivity contribution is 6.00. The molecule has 4 rings (SSSR count). The third-order valence-electron chi connectivity index (χ3n) is 5.39. The number of benzene rings is 3. The fourth-order valence-electron chi connectivity index (χ4n) is 3.95. The number of amides is 1. The van der Waals surface area contributed by atoms with Crippen molar-refractivity contribution < 1.29 is 9.72 Å². The number of hydrogen-bond acceptors (Lipinski definition) is 4. The molecule has 1 aliphatic rings. The van der Waals surface area contributed by atoms with Gasteiger partial charge in [0.2, 0.25) is 5.91 Å². The summed E-state index contributed by atoms with van der Waals surface area (Å²) >= 11 is 0. The number of rotatable bonds is 5. The molecule has 1 aliphatic heterocycles. The minimum absolute atomic E-state index is 0.0796. The Hall–Kier alpha value is -3.41. The van der Waals surface area contributed by atoms with Crippen LogP contribution in [0.3, 0.4) is 0 Å². The van der Waals surface area contributed by atoms with Gasteiger partial charge in [-0.2, -0.15) is 0 Å². The van der Waals surface area contributed by atoms with E-state index in [1.807, 2.05) is 52.5 Å². The van der Waals surface area contributed by atoms with E-state index in [0.29, 0.717) is 24.8 Å². The molecule has 0 spiro atoms. The second-order valence-corrected chi connectivity index (χ2v) is 7.24. The van der Waals surface area contributed by atoms with Crippen LogP contribution in [0.5, 0.6) is 0 Å². The molecule has 0 radical (unpaired) electrons. The van der Waals surface area contributed by atoms with E-state index in [1.54, 1.807) is 24.3 Å². The SMILES string of the molecule is O=C(CCc1ccccc1)N1CCCCN1c1ccc([N+](=O)[O-])c2ccccc12. The Labute approximate surface area is 169 Å². The zero-order valence-corrected chi connectivity index (χ0v) is 16.2. The predicted molar refractivity (Wildman–Crippen MR) is 114 cm³/mol. The Morgan fingerprint density at radius 1 is 0.897 bits per heavy atom. The normalized spacial score (nSPS) is 14.2. The first kappa shape index (κ1) is 18.9. The number of hydrogen-bond donors (Lipinski definition) is 0. The molecule has 29 heavy (non-hydrogen) atoms. The molecule has 1 fully saturated rings. The highest BCUT2D eigenvalue weighted by atomic mass is 16.6. The lowest BCUT2D eigenvalue weighted by Crippen LogP contribution is -2.50. The van der Waals surface area contributed by atoms with Crippen molar-refractivity contribution >= 4 is 28.1 Å². The van der Waals surface area contributed by atoms with E-state index in [2.05, 4.69) is 0 Å². The standard InChI is InChI=1S/C23H23N3O3/c27-23(15-12-18-8-2-1-3-9-18)25-17-7-6-16-24(25)21-13-14-22(26(28)29)20-11-5-4-10-19(20)21/h1-5,8-11,13-14H,6-7,12,15-17H2. The number of carbonyl (C=O) groups excluding carboxylic acids is 1. The molecule has 3 aromatic rings. The summed E-state index contributed by atoms with van der Waals surface area (Å²) in [6, 6.07) is 20.6. The van der Waals surface area contributed by atoms with Gasteiger partial charge >= 0.3 is 0 Å². The molecule has 3 aromatic carbocycles. The summed E-state index contributed by atoms with van der Waals surface area (Å²) in [4.78, 5) is 24.1. The lowest BCUT2D eigenvalue weighted by Gasteiger charge is -2.40. The van der Waals surface area contributed by atoms with Gasteiger partial charge in [0.1, 0.15) is 0 Å². The zero-order valence-electron chi connectivity index (χ0n) is 16.2. The fraction of sp³-hybridized carbons (Fsp3) is 0.261. The Morgan fingerprint density at radius 2 is 1.59 bits per heavy atom. The van der Waals surface area contributed by atoms with Gasteiger partial charge in [0, 0.05) is 31.0 Å². The van der Waals surface area contributed by atoms with Gasteiger partial charge in [0.15, 0.2) is 0 Å². The highest BCUT2D eigenvalue weighted by Crippen LogP contribution is 2.35. The average molecular weight is 389 g/mol. The third-order valence-corrected chi connectivity index (χ3v) is 5.39. The molecule has 0 saturated carbocycles. The number of nitrogens with zero attached hydrogens (tertiary/aromatic N) is 3. The van der Waals surface area contributed by atoms with Crippen molar-refractivity contribution in [1.82, 2.24) is 5.01 Å². The Bertz CT molecular complexity index is 1040. The minimum Gasteiger partial charge on any atom is -0.282 e. The maximum Gasteiger partial charge on any atom is 0.277 e. The molecule has 6 heteroatoms. The Kier molecular flexibility index (Phi) is 5.42. The second kappa shape index (κ2) is 8.31. The number of fused-ring (bicyclic) bond motifs is 1. The molecule has 6 nitrogen and oxygen atoms in total. The van der Waals surface area contributed by atoms with E-state index >= 15 is 0 Å². The molecule has 1 saturated heterocycles. The maximum atomic E-state index is 13.0. The quantitative estimate of drug-likeness (QED) is 0.468. The fourth-order valence-corrected chi connectivity index (χ4v) is 3.95. The van der Waals surface area contributed by atoms with Gasteiger partial charge in [-0.05, 0) is 37.0 Å². The first-order chi connectivity index (χ1) is 14.1. The van der Waals surface area contributed by atoms with Crippen molar-refractivity contribution in [2.75, 3.05) is 18.1 Å². The number of anilines is 1. The number of aryl methyl sites for hydroxylation is 1. The van der Waals surface area contributed by atoms with Gasteiger partial charge in [0.25, 0.3) is 5.69 Å². The van der Waals surface area contributed by atoms with Crippen LogP contribution in [0.4, 0.5) is 11.4 Å². The van der Waals surface area contributed by atoms with E-state index in [0.717, 1.165) is 36.0 Å². The van der Waals surface area contributed by atoms with Crippen LogP contribution < -0.4 is 5.01 Å². The van der Waals surface area contributed by atoms with Gasteiger partial charge in [-0.25, -0.2) is 0 Å². The Balaban J connectivity index is 1.63. The summed E-state index contributed by atoms with van der Waals surface area (Å²) < 4.78 is 0. The molecule has 0 bridgehead atoms. The minimum atomic E-state index is -0.356. The maximum absolute atomic E-state index is 13.0. The van der Waals surface area contributed by atoms with E-state index < -0.39 is 0 Å². The molecule has 0 unspecified atom stereocenters. The van der Waals surface area contributed by atoms with Crippen molar-refractivity contribution in [2.45, 2.75) is 25.7 Å². The van der Waals surface area contributed by atoms with Crippen LogP contribution in [0.1, 0.15) is 24.8 Å². The summed E-state index contributed by atoms with van der Waals surface area (Å²) in [5.41, 5.74) is 2.08. The highest BCUT2D eigenvalue weighted by Gasteiger charge is 2.27. The van der Waals surface area contributed by atoms with Gasteiger partial charge in [-0.1, -0.05) is 48.5 Å². The number of carbonyl (C=O) groups is 1. The summed E-state index contributed by atoms with van der Waals surface area (Å²) in [7, 11) is 0. The third kappa shape index (κ3) is 3.92. The van der Waals surface area contributed by atoms with Crippen LogP contribution >= 0.6 is 0 Å². The van der Waals surface area contributed by atoms with Crippen molar-refractivity contribution in [3.8, 4) is 0 Å². The number of non-ortho nitro benzene ring substituents is 1. The summed E-state index contributed by atoms with van der Waals surface area (Å²) in [6.07, 6.45) is 3.07. The predicted octanol–water partition coefficient (Wildman–Crippen LogP) is 4.72. The lowest BCUT2D eigenvalue weighted by molar-refractivity contribution is -0.383. The molecule has 0 aromatic heterocycles. The molecule has 0 atom stereocenters. The lowest BCUT2D eigenvalue weighted by atomic mass is 10.1. The second-order valence-electron chi connectivity index (χ2n) is 7.24. The molecule has 1 heterocycles. The smallest absolute Gasteiger partial charge is 0.277 e. The Morgan fingerprint density at radius 3 is 2.34 bits per heavy atom. The van der Waals surface area contributed by atoms with Crippen LogP contribution in [0.25, 0.3) is 10.8 Å². The number of hydrazine groups is 1. The molecular formula is C23H23N3O3. The first-order valence-corrected chi connectivity index (χ1v) is 9.93. The van der Waals surface area contributed by atoms with Crippen molar-refractivity contribution in [3.05, 3.63) is 82.4 Å². The van der Waals surface area contributed by atoms with E-state index in [-0.39, 0.29) is 16.5 Å². The van der Waals surface area contributed by atoms with E-state index in [4.69, 9.17) is 0 Å². The monoisotopic (exact) mass is 389 g/mol. The van der Waals surface area contributed by atoms with Crippen LogP contribution in [0.2, 0.25) is 0 Å². The summed E-state index contributed by atoms with van der Waals surface area (Å²) in [5, 5.41) is 16.6. The number of nitro groups is 1. The van der Waals surface area contributed by atoms with Crippen molar-refractivity contribution in [1.29, 1.82) is 0 Å². The summed E-state index contributed by atoms with van der Waals surface area (Å²) in [5.74, 6) is 0.0796. The van der Waals surface area contributed by atoms with Crippen LogP contribution in [0.15, 0.2) is 66.7 Å². The van der Waals surface area contributed by atoms with Crippen molar-refractivity contribution in [3.63, 3.8) is 0 Å². The zero-order chi connectivity index (χ0) is 20.2. The van der Waals surface area contributed by atoms with Crippen LogP contribution in [-0.4, -0.2) is 28.9 Å². The molecule has 1 amide bonds. The van der Waals surface area contributed by atoms with Crippen molar-refractivity contribution in [2.24, 2.45) is 0 Å². The molecule has 148 valence electrons. The van der Waals surface area contributed by atoms with Crippen LogP contribution in [0, 0.1) is 10.1 Å². The van der Waals surface area contributed by atoms with Gasteiger partial charge < -0.3 is 0 Å². The number of nitro benzene ring substituents is 1. The van der Waals surface area contributed by atoms with Gasteiger partial charge in [0.05, 0.1) is 16.0 Å². The topological polar surface area (TPSA) is 66.7 Å². The summed E-state index contributed by atoms with van der Waals surface area (Å²) in [6.45, 7) is 1.39. The van der Waals surface area contributed by atoms with Gasteiger partial charge in [-0.15, -0.1) is 0 Å². The van der Waals surface area contributed by atoms with E-state index in [1.165, 1.54) is 0 Å². The molecule has 0 aliphatic carbocycles. The molecule has 0 N–H and O–H groups in total. The van der Waals surface area contributed by atoms with Gasteiger partial charge in [-0.3, -0.25) is 24.9 Å². The molecular weight excluding hydrogens is 366 g/mol. The van der Waals surface area contributed by atoms with E-state index in [9.17, 15) is 14.9 Å². The average Bonchev–Trinajstić information content (AvgIpc) is 2.77. The van der Waals surface area contributed by atoms with Crippen LogP contribution in [-0.2, 0) is 11.2 Å². The first-order valence-electron chi connectivity index (χ1n) is 9.93.